The Morgan fingerprint density at radius 3 is 2.79 bits per heavy atom. The summed E-state index contributed by atoms with van der Waals surface area (Å²) in [6, 6.07) is 0. The second-order valence-corrected chi connectivity index (χ2v) is 6.40. The van der Waals surface area contributed by atoms with Crippen LogP contribution in [0.5, 0.6) is 0 Å². The quantitative estimate of drug-likeness (QED) is 0.739. The van der Waals surface area contributed by atoms with E-state index in [0.29, 0.717) is 5.25 Å². The first kappa shape index (κ1) is 12.3. The molecular weight excluding hydrogens is 194 g/mol. The predicted octanol–water partition coefficient (Wildman–Crippen LogP) is 2.02. The molecule has 14 heavy (non-hydrogen) atoms. The molecule has 1 saturated carbocycles. The van der Waals surface area contributed by atoms with Gasteiger partial charge in [-0.15, -0.1) is 0 Å². The third-order valence-corrected chi connectivity index (χ3v) is 4.21. The first-order chi connectivity index (χ1) is 6.62. The van der Waals surface area contributed by atoms with Crippen LogP contribution in [0, 0.1) is 0 Å². The Kier molecular flexibility index (Phi) is 4.74. The Morgan fingerprint density at radius 2 is 2.29 bits per heavy atom. The molecule has 0 aromatic rings. The zero-order chi connectivity index (χ0) is 10.6. The number of hydrogen-bond acceptors (Lipinski definition) is 3. The SMILES string of the molecule is CCNC1(CO)CCC(SC(C)C)C1. The lowest BCUT2D eigenvalue weighted by Gasteiger charge is -2.28. The minimum absolute atomic E-state index is 0.0291. The fourth-order valence-corrected chi connectivity index (χ4v) is 3.75. The molecule has 0 aliphatic heterocycles. The largest absolute Gasteiger partial charge is 0.394 e. The highest BCUT2D eigenvalue weighted by Crippen LogP contribution is 2.38. The van der Waals surface area contributed by atoms with Gasteiger partial charge in [0, 0.05) is 10.8 Å². The monoisotopic (exact) mass is 217 g/mol. The first-order valence-electron chi connectivity index (χ1n) is 5.63. The fourth-order valence-electron chi connectivity index (χ4n) is 2.31. The maximum atomic E-state index is 9.43. The van der Waals surface area contributed by atoms with E-state index in [1.165, 1.54) is 6.42 Å². The number of thioether (sulfide) groups is 1. The van der Waals surface area contributed by atoms with Crippen molar-refractivity contribution in [3.63, 3.8) is 0 Å². The van der Waals surface area contributed by atoms with Gasteiger partial charge in [-0.25, -0.2) is 0 Å². The standard InChI is InChI=1S/C11H23NOS/c1-4-12-11(8-13)6-5-10(7-11)14-9(2)3/h9-10,12-13H,4-8H2,1-3H3. The van der Waals surface area contributed by atoms with E-state index in [1.807, 2.05) is 0 Å². The predicted molar refractivity (Wildman–Crippen MR) is 63.9 cm³/mol. The molecule has 3 heteroatoms. The van der Waals surface area contributed by atoms with Crippen molar-refractivity contribution < 1.29 is 5.11 Å². The lowest BCUT2D eigenvalue weighted by molar-refractivity contribution is 0.167. The van der Waals surface area contributed by atoms with E-state index in [2.05, 4.69) is 37.8 Å². The van der Waals surface area contributed by atoms with Crippen molar-refractivity contribution in [1.29, 1.82) is 0 Å². The molecule has 0 saturated heterocycles. The minimum Gasteiger partial charge on any atom is -0.394 e. The van der Waals surface area contributed by atoms with Crippen molar-refractivity contribution in [3.05, 3.63) is 0 Å². The van der Waals surface area contributed by atoms with Crippen LogP contribution in [0.1, 0.15) is 40.0 Å². The number of nitrogens with one attached hydrogen (secondary N) is 1. The molecule has 0 amide bonds. The van der Waals surface area contributed by atoms with Gasteiger partial charge in [-0.2, -0.15) is 11.8 Å². The van der Waals surface area contributed by atoms with Gasteiger partial charge < -0.3 is 10.4 Å². The van der Waals surface area contributed by atoms with Gasteiger partial charge in [0.05, 0.1) is 6.61 Å². The van der Waals surface area contributed by atoms with E-state index in [1.54, 1.807) is 0 Å². The molecule has 2 unspecified atom stereocenters. The third-order valence-electron chi connectivity index (χ3n) is 2.88. The normalized spacial score (nSPS) is 32.8. The molecule has 0 radical (unpaired) electrons. The maximum Gasteiger partial charge on any atom is 0.0613 e. The number of aliphatic hydroxyl groups is 1. The van der Waals surface area contributed by atoms with Gasteiger partial charge in [-0.1, -0.05) is 20.8 Å². The van der Waals surface area contributed by atoms with Gasteiger partial charge in [0.2, 0.25) is 0 Å². The van der Waals surface area contributed by atoms with Crippen LogP contribution in [-0.4, -0.2) is 34.3 Å². The summed E-state index contributed by atoms with van der Waals surface area (Å²) in [6.07, 6.45) is 3.50. The zero-order valence-corrected chi connectivity index (χ0v) is 10.4. The van der Waals surface area contributed by atoms with Gasteiger partial charge in [0.1, 0.15) is 0 Å². The second-order valence-electron chi connectivity index (χ2n) is 4.52. The molecule has 0 spiro atoms. The van der Waals surface area contributed by atoms with Crippen LogP contribution in [0.2, 0.25) is 0 Å². The fraction of sp³-hybridized carbons (Fsp3) is 1.00. The molecule has 0 aromatic carbocycles. The van der Waals surface area contributed by atoms with Crippen molar-refractivity contribution in [1.82, 2.24) is 5.32 Å². The molecule has 1 aliphatic rings. The zero-order valence-electron chi connectivity index (χ0n) is 9.55. The van der Waals surface area contributed by atoms with Crippen molar-refractivity contribution >= 4 is 11.8 Å². The Hall–Kier alpha value is 0.270. The number of hydrogen-bond donors (Lipinski definition) is 2. The van der Waals surface area contributed by atoms with Crippen LogP contribution in [0.15, 0.2) is 0 Å². The van der Waals surface area contributed by atoms with Crippen molar-refractivity contribution in [2.45, 2.75) is 56.1 Å². The van der Waals surface area contributed by atoms with Gasteiger partial charge in [-0.3, -0.25) is 0 Å². The molecule has 0 heterocycles. The molecule has 1 fully saturated rings. The Morgan fingerprint density at radius 1 is 1.57 bits per heavy atom. The van der Waals surface area contributed by atoms with E-state index in [-0.39, 0.29) is 12.1 Å². The molecule has 0 bridgehead atoms. The van der Waals surface area contributed by atoms with E-state index < -0.39 is 0 Å². The topological polar surface area (TPSA) is 32.3 Å². The Bertz CT molecular complexity index is 175. The summed E-state index contributed by atoms with van der Waals surface area (Å²) in [5.41, 5.74) is 0.0291. The van der Waals surface area contributed by atoms with Crippen molar-refractivity contribution in [2.24, 2.45) is 0 Å². The third kappa shape index (κ3) is 3.14. The van der Waals surface area contributed by atoms with Crippen molar-refractivity contribution in [3.8, 4) is 0 Å². The first-order valence-corrected chi connectivity index (χ1v) is 6.57. The van der Waals surface area contributed by atoms with Crippen LogP contribution in [0.25, 0.3) is 0 Å². The summed E-state index contributed by atoms with van der Waals surface area (Å²) in [4.78, 5) is 0. The summed E-state index contributed by atoms with van der Waals surface area (Å²) < 4.78 is 0. The summed E-state index contributed by atoms with van der Waals surface area (Å²) in [5.74, 6) is 0. The number of rotatable bonds is 5. The summed E-state index contributed by atoms with van der Waals surface area (Å²) >= 11 is 2.05. The van der Waals surface area contributed by atoms with Crippen LogP contribution in [0.3, 0.4) is 0 Å². The van der Waals surface area contributed by atoms with Gasteiger partial charge in [-0.05, 0) is 31.1 Å². The highest BCUT2D eigenvalue weighted by atomic mass is 32.2. The summed E-state index contributed by atoms with van der Waals surface area (Å²) in [7, 11) is 0. The lowest BCUT2D eigenvalue weighted by atomic mass is 9.99. The average molecular weight is 217 g/mol. The molecule has 1 rings (SSSR count). The van der Waals surface area contributed by atoms with E-state index in [0.717, 1.165) is 24.6 Å². The highest BCUT2D eigenvalue weighted by molar-refractivity contribution is 8.00. The number of likely N-dealkylation sites (N-methyl/N-ethyl adjacent to an activating group) is 1. The Labute approximate surface area is 91.9 Å². The molecule has 2 N–H and O–H groups in total. The average Bonchev–Trinajstić information content (AvgIpc) is 2.49. The molecule has 1 aliphatic carbocycles. The van der Waals surface area contributed by atoms with Crippen LogP contribution in [-0.2, 0) is 0 Å². The van der Waals surface area contributed by atoms with E-state index >= 15 is 0 Å². The van der Waals surface area contributed by atoms with Gasteiger partial charge in [0.15, 0.2) is 0 Å². The van der Waals surface area contributed by atoms with Crippen LogP contribution in [0.4, 0.5) is 0 Å². The van der Waals surface area contributed by atoms with Crippen LogP contribution < -0.4 is 5.32 Å². The van der Waals surface area contributed by atoms with Gasteiger partial charge >= 0.3 is 0 Å². The Balaban J connectivity index is 2.44. The molecule has 2 nitrogen and oxygen atoms in total. The van der Waals surface area contributed by atoms with Crippen molar-refractivity contribution in [2.75, 3.05) is 13.2 Å². The molecule has 0 aromatic heterocycles. The minimum atomic E-state index is 0.0291. The smallest absolute Gasteiger partial charge is 0.0613 e. The lowest BCUT2D eigenvalue weighted by Crippen LogP contribution is -2.46. The van der Waals surface area contributed by atoms with Crippen LogP contribution >= 0.6 is 11.8 Å². The van der Waals surface area contributed by atoms with Gasteiger partial charge in [0.25, 0.3) is 0 Å². The van der Waals surface area contributed by atoms with E-state index in [9.17, 15) is 5.11 Å². The maximum absolute atomic E-state index is 9.43. The summed E-state index contributed by atoms with van der Waals surface area (Å²) in [5, 5.41) is 14.3. The molecular formula is C11H23NOS. The summed E-state index contributed by atoms with van der Waals surface area (Å²) in [6.45, 7) is 7.85. The molecule has 84 valence electrons. The highest BCUT2D eigenvalue weighted by Gasteiger charge is 2.38. The van der Waals surface area contributed by atoms with E-state index in [4.69, 9.17) is 0 Å². The molecule has 2 atom stereocenters. The number of aliphatic hydroxyl groups excluding tert-OH is 1. The second kappa shape index (κ2) is 5.38.